The number of carbonyl (C=O) groups excluding carboxylic acids is 1. The zero-order valence-electron chi connectivity index (χ0n) is 14.9. The first-order chi connectivity index (χ1) is 13.0. The number of benzene rings is 2. The Morgan fingerprint density at radius 1 is 1.19 bits per heavy atom. The van der Waals surface area contributed by atoms with Crippen LogP contribution < -0.4 is 10.1 Å². The maximum absolute atomic E-state index is 12.6. The number of rotatable bonds is 6. The Labute approximate surface area is 167 Å². The fraction of sp³-hybridized carbons (Fsp3) is 0.200. The minimum atomic E-state index is -0.243. The lowest BCUT2D eigenvalue weighted by atomic mass is 10.1. The highest BCUT2D eigenvalue weighted by molar-refractivity contribution is 6.35. The van der Waals surface area contributed by atoms with Gasteiger partial charge in [-0.1, -0.05) is 46.6 Å². The quantitative estimate of drug-likeness (QED) is 0.619. The van der Waals surface area contributed by atoms with Crippen LogP contribution in [0.25, 0.3) is 0 Å². The first-order valence-electron chi connectivity index (χ1n) is 8.31. The van der Waals surface area contributed by atoms with Gasteiger partial charge >= 0.3 is 0 Å². The van der Waals surface area contributed by atoms with Crippen molar-refractivity contribution < 1.29 is 14.1 Å². The third-order valence-corrected chi connectivity index (χ3v) is 4.72. The lowest BCUT2D eigenvalue weighted by Crippen LogP contribution is -2.24. The lowest BCUT2D eigenvalue weighted by molar-refractivity contribution is 0.0946. The Kier molecular flexibility index (Phi) is 6.04. The largest absolute Gasteiger partial charge is 0.488 e. The second-order valence-corrected chi connectivity index (χ2v) is 6.85. The molecule has 1 aromatic heterocycles. The van der Waals surface area contributed by atoms with Gasteiger partial charge in [0.05, 0.1) is 11.3 Å². The molecule has 0 atom stereocenters. The molecule has 5 nitrogen and oxygen atoms in total. The Hall–Kier alpha value is -2.50. The van der Waals surface area contributed by atoms with Gasteiger partial charge in [0.15, 0.2) is 0 Å². The average Bonchev–Trinajstić information content (AvgIpc) is 2.97. The molecular weight excluding hydrogens is 387 g/mol. The third-order valence-electron chi connectivity index (χ3n) is 4.14. The van der Waals surface area contributed by atoms with Gasteiger partial charge in [-0.2, -0.15) is 0 Å². The Balaban J connectivity index is 1.70. The van der Waals surface area contributed by atoms with Crippen LogP contribution >= 0.6 is 23.2 Å². The molecule has 0 radical (unpaired) electrons. The Bertz CT molecular complexity index is 950. The highest BCUT2D eigenvalue weighted by Crippen LogP contribution is 2.24. The number of para-hydroxylation sites is 1. The number of hydrogen-bond donors (Lipinski definition) is 1. The standard InChI is InChI=1S/C20H18Cl2N2O3/c1-12-17(13(2)27-24-12)10-23-20(25)16-5-3-4-6-19(16)26-11-14-7-8-15(21)9-18(14)22/h3-9H,10-11H2,1-2H3,(H,23,25). The first kappa shape index (κ1) is 19.3. The van der Waals surface area contributed by atoms with E-state index in [2.05, 4.69) is 10.5 Å². The van der Waals surface area contributed by atoms with Crippen molar-refractivity contribution in [2.75, 3.05) is 0 Å². The SMILES string of the molecule is Cc1noc(C)c1CNC(=O)c1ccccc1OCc1ccc(Cl)cc1Cl. The summed E-state index contributed by atoms with van der Waals surface area (Å²) in [7, 11) is 0. The summed E-state index contributed by atoms with van der Waals surface area (Å²) < 4.78 is 10.9. The monoisotopic (exact) mass is 404 g/mol. The van der Waals surface area contributed by atoms with Gasteiger partial charge in [0.25, 0.3) is 5.91 Å². The van der Waals surface area contributed by atoms with Crippen LogP contribution in [-0.4, -0.2) is 11.1 Å². The van der Waals surface area contributed by atoms with Gasteiger partial charge in [0.2, 0.25) is 0 Å². The first-order valence-corrected chi connectivity index (χ1v) is 9.07. The van der Waals surface area contributed by atoms with Gasteiger partial charge < -0.3 is 14.6 Å². The van der Waals surface area contributed by atoms with E-state index < -0.39 is 0 Å². The summed E-state index contributed by atoms with van der Waals surface area (Å²) in [4.78, 5) is 12.6. The van der Waals surface area contributed by atoms with Gasteiger partial charge in [0, 0.05) is 27.7 Å². The van der Waals surface area contributed by atoms with E-state index in [0.717, 1.165) is 16.8 Å². The van der Waals surface area contributed by atoms with Crippen LogP contribution in [0.3, 0.4) is 0 Å². The molecule has 1 heterocycles. The van der Waals surface area contributed by atoms with Crippen LogP contribution in [0.15, 0.2) is 47.0 Å². The molecule has 3 aromatic rings. The number of nitrogens with one attached hydrogen (secondary N) is 1. The second-order valence-electron chi connectivity index (χ2n) is 6.01. The van der Waals surface area contributed by atoms with Crippen molar-refractivity contribution in [3.8, 4) is 5.75 Å². The molecule has 0 aliphatic rings. The van der Waals surface area contributed by atoms with E-state index in [0.29, 0.717) is 33.7 Å². The van der Waals surface area contributed by atoms with Crippen molar-refractivity contribution >= 4 is 29.1 Å². The van der Waals surface area contributed by atoms with Crippen LogP contribution in [0.2, 0.25) is 10.0 Å². The molecule has 0 saturated carbocycles. The summed E-state index contributed by atoms with van der Waals surface area (Å²) in [5.74, 6) is 0.919. The maximum atomic E-state index is 12.6. The van der Waals surface area contributed by atoms with E-state index in [1.807, 2.05) is 19.9 Å². The molecule has 1 N–H and O–H groups in total. The van der Waals surface area contributed by atoms with E-state index >= 15 is 0 Å². The normalized spacial score (nSPS) is 10.7. The van der Waals surface area contributed by atoms with Crippen molar-refractivity contribution in [3.63, 3.8) is 0 Å². The summed E-state index contributed by atoms with van der Waals surface area (Å²) in [6.45, 7) is 4.21. The summed E-state index contributed by atoms with van der Waals surface area (Å²) in [5.41, 5.74) is 2.85. The van der Waals surface area contributed by atoms with E-state index in [1.165, 1.54) is 0 Å². The highest BCUT2D eigenvalue weighted by atomic mass is 35.5. The number of halogens is 2. The Morgan fingerprint density at radius 2 is 1.96 bits per heavy atom. The van der Waals surface area contributed by atoms with E-state index in [1.54, 1.807) is 36.4 Å². The fourth-order valence-corrected chi connectivity index (χ4v) is 3.06. The summed E-state index contributed by atoms with van der Waals surface area (Å²) in [5, 5.41) is 7.84. The Morgan fingerprint density at radius 3 is 2.67 bits per heavy atom. The maximum Gasteiger partial charge on any atom is 0.255 e. The van der Waals surface area contributed by atoms with Crippen LogP contribution in [0.4, 0.5) is 0 Å². The number of aromatic nitrogens is 1. The van der Waals surface area contributed by atoms with Gasteiger partial charge in [-0.05, 0) is 38.1 Å². The van der Waals surface area contributed by atoms with Gasteiger partial charge in [-0.15, -0.1) is 0 Å². The highest BCUT2D eigenvalue weighted by Gasteiger charge is 2.15. The smallest absolute Gasteiger partial charge is 0.255 e. The molecule has 0 aliphatic carbocycles. The molecule has 27 heavy (non-hydrogen) atoms. The molecule has 7 heteroatoms. The number of nitrogens with zero attached hydrogens (tertiary/aromatic N) is 1. The van der Waals surface area contributed by atoms with Crippen LogP contribution in [0.5, 0.6) is 5.75 Å². The molecule has 0 unspecified atom stereocenters. The topological polar surface area (TPSA) is 64.4 Å². The van der Waals surface area contributed by atoms with Gasteiger partial charge in [-0.3, -0.25) is 4.79 Å². The van der Waals surface area contributed by atoms with Crippen molar-refractivity contribution in [2.45, 2.75) is 27.0 Å². The number of amides is 1. The molecule has 0 spiro atoms. The molecule has 0 aliphatic heterocycles. The van der Waals surface area contributed by atoms with E-state index in [-0.39, 0.29) is 12.5 Å². The van der Waals surface area contributed by atoms with E-state index in [4.69, 9.17) is 32.5 Å². The lowest BCUT2D eigenvalue weighted by Gasteiger charge is -2.12. The van der Waals surface area contributed by atoms with Crippen LogP contribution in [0, 0.1) is 13.8 Å². The molecule has 140 valence electrons. The molecule has 0 saturated heterocycles. The number of ether oxygens (including phenoxy) is 1. The number of aryl methyl sites for hydroxylation is 2. The minimum absolute atomic E-state index is 0.226. The summed E-state index contributed by atoms with van der Waals surface area (Å²) in [6, 6.07) is 12.2. The van der Waals surface area contributed by atoms with Crippen molar-refractivity contribution in [1.82, 2.24) is 10.5 Å². The van der Waals surface area contributed by atoms with Crippen molar-refractivity contribution in [2.24, 2.45) is 0 Å². The molecule has 1 amide bonds. The average molecular weight is 405 g/mol. The zero-order valence-corrected chi connectivity index (χ0v) is 16.4. The predicted molar refractivity (Wildman–Crippen MR) is 104 cm³/mol. The van der Waals surface area contributed by atoms with Gasteiger partial charge in [-0.25, -0.2) is 0 Å². The van der Waals surface area contributed by atoms with Gasteiger partial charge in [0.1, 0.15) is 18.1 Å². The number of hydrogen-bond acceptors (Lipinski definition) is 4. The molecule has 0 fully saturated rings. The zero-order chi connectivity index (χ0) is 19.4. The van der Waals surface area contributed by atoms with Crippen molar-refractivity contribution in [1.29, 1.82) is 0 Å². The fourth-order valence-electron chi connectivity index (χ4n) is 2.59. The minimum Gasteiger partial charge on any atom is -0.488 e. The molecule has 3 rings (SSSR count). The van der Waals surface area contributed by atoms with E-state index in [9.17, 15) is 4.79 Å². The summed E-state index contributed by atoms with van der Waals surface area (Å²) in [6.07, 6.45) is 0. The predicted octanol–water partition coefficient (Wildman–Crippen LogP) is 5.11. The molecular formula is C20H18Cl2N2O3. The third kappa shape index (κ3) is 4.62. The van der Waals surface area contributed by atoms with Crippen LogP contribution in [-0.2, 0) is 13.2 Å². The second kappa shape index (κ2) is 8.46. The number of carbonyl (C=O) groups is 1. The van der Waals surface area contributed by atoms with Crippen molar-refractivity contribution in [3.05, 3.63) is 80.7 Å². The van der Waals surface area contributed by atoms with Crippen LogP contribution in [0.1, 0.15) is 32.9 Å². The summed E-state index contributed by atoms with van der Waals surface area (Å²) >= 11 is 12.1. The molecule has 0 bridgehead atoms. The molecule has 2 aromatic carbocycles.